The van der Waals surface area contributed by atoms with Crippen LogP contribution < -0.4 is 10.1 Å². The molecule has 0 saturated carbocycles. The fraction of sp³-hybridized carbons (Fsp3) is 0.300. The van der Waals surface area contributed by atoms with Gasteiger partial charge in [-0.15, -0.1) is 0 Å². The van der Waals surface area contributed by atoms with Crippen LogP contribution in [0.25, 0.3) is 0 Å². The monoisotopic (exact) mass is 442 g/mol. The summed E-state index contributed by atoms with van der Waals surface area (Å²) >= 11 is 18.2. The topological polar surface area (TPSA) is 58.6 Å². The first-order valence-electron chi connectivity index (χ1n) is 8.57. The Bertz CT molecular complexity index is 874. The fourth-order valence-electron chi connectivity index (χ4n) is 2.56. The van der Waals surface area contributed by atoms with E-state index in [1.165, 1.54) is 11.9 Å². The van der Waals surface area contributed by atoms with Crippen molar-refractivity contribution in [1.82, 2.24) is 10.2 Å². The van der Waals surface area contributed by atoms with Crippen LogP contribution in [0.4, 0.5) is 0 Å². The predicted molar refractivity (Wildman–Crippen MR) is 112 cm³/mol. The lowest BCUT2D eigenvalue weighted by atomic mass is 10.1. The van der Waals surface area contributed by atoms with Gasteiger partial charge < -0.3 is 15.0 Å². The maximum atomic E-state index is 12.8. The number of hydrogen-bond donors (Lipinski definition) is 1. The Hall–Kier alpha value is -1.95. The summed E-state index contributed by atoms with van der Waals surface area (Å²) in [7, 11) is 1.52. The molecule has 5 nitrogen and oxygen atoms in total. The van der Waals surface area contributed by atoms with Crippen LogP contribution in [0.1, 0.15) is 18.1 Å². The Labute approximate surface area is 179 Å². The number of hydrogen-bond acceptors (Lipinski definition) is 3. The van der Waals surface area contributed by atoms with Crippen LogP contribution in [-0.4, -0.2) is 36.4 Å². The third-order valence-corrected chi connectivity index (χ3v) is 5.27. The minimum Gasteiger partial charge on any atom is -0.484 e. The zero-order valence-corrected chi connectivity index (χ0v) is 18.0. The van der Waals surface area contributed by atoms with Crippen molar-refractivity contribution in [2.75, 3.05) is 13.7 Å². The number of likely N-dealkylation sites (N-methyl/N-ethyl adjacent to an activating group) is 1. The highest BCUT2D eigenvalue weighted by Crippen LogP contribution is 2.24. The Balaban J connectivity index is 2.18. The molecule has 0 heterocycles. The Kier molecular flexibility index (Phi) is 7.98. The molecule has 0 aliphatic carbocycles. The highest BCUT2D eigenvalue weighted by molar-refractivity contribution is 6.35. The molecule has 0 radical (unpaired) electrons. The number of carbonyl (C=O) groups excluding carboxylic acids is 2. The Morgan fingerprint density at radius 2 is 1.82 bits per heavy atom. The lowest BCUT2D eigenvalue weighted by molar-refractivity contribution is -0.142. The maximum absolute atomic E-state index is 12.8. The molecule has 0 bridgehead atoms. The van der Waals surface area contributed by atoms with Crippen molar-refractivity contribution in [1.29, 1.82) is 0 Å². The van der Waals surface area contributed by atoms with E-state index in [1.54, 1.807) is 43.3 Å². The van der Waals surface area contributed by atoms with E-state index < -0.39 is 6.04 Å². The van der Waals surface area contributed by atoms with Crippen LogP contribution in [0, 0.1) is 6.92 Å². The summed E-state index contributed by atoms with van der Waals surface area (Å²) in [5.74, 6) is -0.122. The van der Waals surface area contributed by atoms with Crippen LogP contribution in [0.5, 0.6) is 5.75 Å². The molecule has 2 aromatic rings. The molecule has 1 atom stereocenters. The van der Waals surface area contributed by atoms with Gasteiger partial charge in [-0.1, -0.05) is 40.9 Å². The molecule has 2 rings (SSSR count). The highest BCUT2D eigenvalue weighted by atomic mass is 35.5. The number of amides is 2. The number of aryl methyl sites for hydroxylation is 1. The first-order valence-corrected chi connectivity index (χ1v) is 9.70. The van der Waals surface area contributed by atoms with Crippen LogP contribution in [0.3, 0.4) is 0 Å². The molecule has 8 heteroatoms. The minimum atomic E-state index is -0.709. The lowest BCUT2D eigenvalue weighted by Gasteiger charge is -2.28. The van der Waals surface area contributed by atoms with Gasteiger partial charge in [0.2, 0.25) is 5.91 Å². The van der Waals surface area contributed by atoms with E-state index in [2.05, 4.69) is 5.32 Å². The first kappa shape index (κ1) is 22.3. The van der Waals surface area contributed by atoms with Crippen molar-refractivity contribution in [3.05, 3.63) is 62.6 Å². The number of nitrogens with zero attached hydrogens (tertiary/aromatic N) is 1. The third kappa shape index (κ3) is 5.77. The molecular formula is C20H21Cl3N2O3. The second kappa shape index (κ2) is 10.0. The molecule has 2 aromatic carbocycles. The molecule has 0 saturated heterocycles. The van der Waals surface area contributed by atoms with Crippen molar-refractivity contribution >= 4 is 46.6 Å². The summed E-state index contributed by atoms with van der Waals surface area (Å²) in [6.45, 7) is 3.41. The lowest BCUT2D eigenvalue weighted by Crippen LogP contribution is -2.48. The van der Waals surface area contributed by atoms with Gasteiger partial charge in [-0.3, -0.25) is 9.59 Å². The fourth-order valence-corrected chi connectivity index (χ4v) is 3.15. The van der Waals surface area contributed by atoms with Gasteiger partial charge in [0.05, 0.1) is 0 Å². The van der Waals surface area contributed by atoms with Crippen molar-refractivity contribution in [3.63, 3.8) is 0 Å². The van der Waals surface area contributed by atoms with E-state index >= 15 is 0 Å². The van der Waals surface area contributed by atoms with Gasteiger partial charge in [0.15, 0.2) is 6.61 Å². The van der Waals surface area contributed by atoms with Gasteiger partial charge in [0, 0.05) is 28.7 Å². The van der Waals surface area contributed by atoms with Crippen molar-refractivity contribution in [2.45, 2.75) is 26.4 Å². The molecule has 0 spiro atoms. The number of nitrogens with one attached hydrogen (secondary N) is 1. The largest absolute Gasteiger partial charge is 0.484 e. The molecule has 0 aliphatic rings. The second-order valence-electron chi connectivity index (χ2n) is 6.25. The van der Waals surface area contributed by atoms with Crippen molar-refractivity contribution in [2.24, 2.45) is 0 Å². The van der Waals surface area contributed by atoms with Crippen molar-refractivity contribution < 1.29 is 14.3 Å². The quantitative estimate of drug-likeness (QED) is 0.685. The zero-order chi connectivity index (χ0) is 20.8. The molecular weight excluding hydrogens is 423 g/mol. The minimum absolute atomic E-state index is 0.145. The van der Waals surface area contributed by atoms with E-state index in [-0.39, 0.29) is 25.0 Å². The van der Waals surface area contributed by atoms with E-state index in [4.69, 9.17) is 39.5 Å². The average molecular weight is 444 g/mol. The third-order valence-electron chi connectivity index (χ3n) is 4.26. The zero-order valence-electron chi connectivity index (χ0n) is 15.8. The summed E-state index contributed by atoms with van der Waals surface area (Å²) < 4.78 is 5.60. The van der Waals surface area contributed by atoms with Crippen LogP contribution >= 0.6 is 34.8 Å². The number of carbonyl (C=O) groups is 2. The summed E-state index contributed by atoms with van der Waals surface area (Å²) in [6, 6.07) is 9.44. The summed E-state index contributed by atoms with van der Waals surface area (Å²) in [4.78, 5) is 26.4. The molecule has 150 valence electrons. The van der Waals surface area contributed by atoms with Gasteiger partial charge >= 0.3 is 0 Å². The summed E-state index contributed by atoms with van der Waals surface area (Å²) in [5.41, 5.74) is 1.52. The molecule has 28 heavy (non-hydrogen) atoms. The first-order chi connectivity index (χ1) is 13.2. The van der Waals surface area contributed by atoms with Crippen molar-refractivity contribution in [3.8, 4) is 5.75 Å². The van der Waals surface area contributed by atoms with Crippen LogP contribution in [-0.2, 0) is 16.1 Å². The summed E-state index contributed by atoms with van der Waals surface area (Å²) in [5, 5.41) is 4.08. The SMILES string of the molecule is CNC(=O)[C@H](C)N(Cc1ccc(Cl)cc1Cl)C(=O)COc1ccc(Cl)c(C)c1. The van der Waals surface area contributed by atoms with Gasteiger partial charge in [-0.2, -0.15) is 0 Å². The van der Waals surface area contributed by atoms with Gasteiger partial charge in [0.25, 0.3) is 5.91 Å². The normalized spacial score (nSPS) is 11.6. The highest BCUT2D eigenvalue weighted by Gasteiger charge is 2.26. The molecule has 0 unspecified atom stereocenters. The van der Waals surface area contributed by atoms with Gasteiger partial charge in [-0.05, 0) is 55.3 Å². The number of halogens is 3. The van der Waals surface area contributed by atoms with Crippen LogP contribution in [0.15, 0.2) is 36.4 Å². The Morgan fingerprint density at radius 3 is 2.43 bits per heavy atom. The van der Waals surface area contributed by atoms with Gasteiger partial charge in [0.1, 0.15) is 11.8 Å². The number of rotatable bonds is 7. The molecule has 0 fully saturated rings. The molecule has 0 aliphatic heterocycles. The van der Waals surface area contributed by atoms with E-state index in [0.717, 1.165) is 5.56 Å². The Morgan fingerprint density at radius 1 is 1.11 bits per heavy atom. The van der Waals surface area contributed by atoms with E-state index in [1.807, 2.05) is 6.92 Å². The van der Waals surface area contributed by atoms with E-state index in [0.29, 0.717) is 26.4 Å². The summed E-state index contributed by atoms with van der Waals surface area (Å²) in [6.07, 6.45) is 0. The number of ether oxygens (including phenoxy) is 1. The van der Waals surface area contributed by atoms with Gasteiger partial charge in [-0.25, -0.2) is 0 Å². The predicted octanol–water partition coefficient (Wildman–Crippen LogP) is 4.50. The molecule has 1 N–H and O–H groups in total. The maximum Gasteiger partial charge on any atom is 0.261 e. The molecule has 2 amide bonds. The van der Waals surface area contributed by atoms with Crippen LogP contribution in [0.2, 0.25) is 15.1 Å². The second-order valence-corrected chi connectivity index (χ2v) is 7.50. The average Bonchev–Trinajstić information content (AvgIpc) is 2.67. The smallest absolute Gasteiger partial charge is 0.261 e. The van der Waals surface area contributed by atoms with E-state index in [9.17, 15) is 9.59 Å². The number of benzene rings is 2. The molecule has 0 aromatic heterocycles. The standard InChI is InChI=1S/C20H21Cl3N2O3/c1-12-8-16(6-7-17(12)22)28-11-19(26)25(13(2)20(27)24-3)10-14-4-5-15(21)9-18(14)23/h4-9,13H,10-11H2,1-3H3,(H,24,27)/t13-/m0/s1.